The first-order valence-corrected chi connectivity index (χ1v) is 8.04. The predicted octanol–water partition coefficient (Wildman–Crippen LogP) is 0.495. The van der Waals surface area contributed by atoms with Gasteiger partial charge in [-0.15, -0.1) is 0 Å². The van der Waals surface area contributed by atoms with E-state index in [9.17, 15) is 8.42 Å². The van der Waals surface area contributed by atoms with Crippen molar-refractivity contribution in [2.45, 2.75) is 31.7 Å². The quantitative estimate of drug-likeness (QED) is 0.743. The van der Waals surface area contributed by atoms with E-state index in [-0.39, 0.29) is 11.3 Å². The van der Waals surface area contributed by atoms with Gasteiger partial charge in [0.15, 0.2) is 0 Å². The van der Waals surface area contributed by atoms with E-state index in [1.54, 1.807) is 0 Å². The molecule has 0 amide bonds. The summed E-state index contributed by atoms with van der Waals surface area (Å²) in [7, 11) is -0.839. The number of sulfone groups is 1. The van der Waals surface area contributed by atoms with Crippen LogP contribution in [0.25, 0.3) is 0 Å². The molecule has 0 aliphatic carbocycles. The van der Waals surface area contributed by atoms with Crippen LogP contribution in [0.4, 0.5) is 0 Å². The third kappa shape index (κ3) is 4.39. The van der Waals surface area contributed by atoms with Gasteiger partial charge in [-0.05, 0) is 32.9 Å². The van der Waals surface area contributed by atoms with E-state index in [0.717, 1.165) is 19.5 Å². The fourth-order valence-corrected chi connectivity index (χ4v) is 2.98. The highest BCUT2D eigenvalue weighted by Gasteiger charge is 2.32. The average Bonchev–Trinajstić information content (AvgIpc) is 2.63. The maximum absolute atomic E-state index is 11.1. The highest BCUT2D eigenvalue weighted by Crippen LogP contribution is 2.23. The van der Waals surface area contributed by atoms with Gasteiger partial charge in [0.2, 0.25) is 0 Å². The molecule has 1 N–H and O–H groups in total. The molecule has 1 fully saturated rings. The van der Waals surface area contributed by atoms with E-state index in [2.05, 4.69) is 17.1 Å². The summed E-state index contributed by atoms with van der Waals surface area (Å²) in [6, 6.07) is 0. The Morgan fingerprint density at radius 3 is 2.56 bits per heavy atom. The number of nitrogens with one attached hydrogen (secondary N) is 1. The lowest BCUT2D eigenvalue weighted by molar-refractivity contribution is 0.228. The van der Waals surface area contributed by atoms with Crippen LogP contribution in [0.2, 0.25) is 0 Å². The third-order valence-electron chi connectivity index (χ3n) is 3.43. The molecule has 5 heteroatoms. The van der Waals surface area contributed by atoms with Gasteiger partial charge in [0.1, 0.15) is 9.84 Å². The molecule has 0 bridgehead atoms. The van der Waals surface area contributed by atoms with Crippen LogP contribution in [-0.4, -0.2) is 57.5 Å². The zero-order valence-corrected chi connectivity index (χ0v) is 11.4. The third-order valence-corrected chi connectivity index (χ3v) is 4.35. The van der Waals surface area contributed by atoms with Crippen molar-refractivity contribution in [3.63, 3.8) is 0 Å². The van der Waals surface area contributed by atoms with Crippen molar-refractivity contribution in [3.8, 4) is 0 Å². The number of hydrogen-bond donors (Lipinski definition) is 1. The Bertz CT molecular complexity index is 308. The number of hydrogen-bond acceptors (Lipinski definition) is 4. The summed E-state index contributed by atoms with van der Waals surface area (Å²) in [5, 5.41) is 3.56. The van der Waals surface area contributed by atoms with Crippen molar-refractivity contribution in [3.05, 3.63) is 0 Å². The second-order valence-corrected chi connectivity index (χ2v) is 7.29. The van der Waals surface area contributed by atoms with E-state index in [0.29, 0.717) is 6.54 Å². The van der Waals surface area contributed by atoms with Gasteiger partial charge >= 0.3 is 0 Å². The average molecular weight is 248 g/mol. The molecule has 1 aliphatic rings. The number of nitrogens with zero attached hydrogens (tertiary/aromatic N) is 1. The molecular weight excluding hydrogens is 224 g/mol. The molecule has 0 aromatic heterocycles. The summed E-state index contributed by atoms with van der Waals surface area (Å²) in [4.78, 5) is 2.13. The number of likely N-dealkylation sites (N-methyl/N-ethyl adjacent to an activating group) is 1. The highest BCUT2D eigenvalue weighted by molar-refractivity contribution is 7.90. The lowest BCUT2D eigenvalue weighted by Crippen LogP contribution is -2.49. The first-order chi connectivity index (χ1) is 7.37. The van der Waals surface area contributed by atoms with Crippen molar-refractivity contribution < 1.29 is 8.42 Å². The predicted molar refractivity (Wildman–Crippen MR) is 67.5 cm³/mol. The molecule has 1 unspecified atom stereocenters. The molecule has 1 heterocycles. The molecular formula is C11H24N2O2S. The van der Waals surface area contributed by atoms with Gasteiger partial charge in [-0.25, -0.2) is 8.42 Å². The lowest BCUT2D eigenvalue weighted by atomic mass is 9.94. The summed E-state index contributed by atoms with van der Waals surface area (Å²) >= 11 is 0. The van der Waals surface area contributed by atoms with E-state index >= 15 is 0 Å². The van der Waals surface area contributed by atoms with Crippen molar-refractivity contribution in [1.29, 1.82) is 0 Å². The second-order valence-electron chi connectivity index (χ2n) is 5.03. The summed E-state index contributed by atoms with van der Waals surface area (Å²) in [6.07, 6.45) is 4.83. The summed E-state index contributed by atoms with van der Waals surface area (Å²) < 4.78 is 22.2. The van der Waals surface area contributed by atoms with Crippen molar-refractivity contribution >= 4 is 9.84 Å². The van der Waals surface area contributed by atoms with Crippen LogP contribution in [0.15, 0.2) is 0 Å². The molecule has 1 atom stereocenters. The first-order valence-electron chi connectivity index (χ1n) is 5.98. The van der Waals surface area contributed by atoms with E-state index in [1.165, 1.54) is 19.1 Å². The van der Waals surface area contributed by atoms with Gasteiger partial charge in [0.25, 0.3) is 0 Å². The van der Waals surface area contributed by atoms with Gasteiger partial charge in [-0.3, -0.25) is 0 Å². The van der Waals surface area contributed by atoms with Gasteiger partial charge in [0, 0.05) is 24.9 Å². The maximum atomic E-state index is 11.1. The van der Waals surface area contributed by atoms with Crippen LogP contribution in [0.1, 0.15) is 26.2 Å². The van der Waals surface area contributed by atoms with Crippen molar-refractivity contribution in [2.75, 3.05) is 38.7 Å². The molecule has 1 rings (SSSR count). The zero-order chi connectivity index (χ0) is 12.2. The minimum Gasteiger partial charge on any atom is -0.310 e. The van der Waals surface area contributed by atoms with E-state index < -0.39 is 9.84 Å². The second kappa shape index (κ2) is 5.47. The minimum absolute atomic E-state index is 0.215. The molecule has 4 nitrogen and oxygen atoms in total. The molecule has 0 radical (unpaired) electrons. The molecule has 16 heavy (non-hydrogen) atoms. The van der Waals surface area contributed by atoms with Crippen molar-refractivity contribution in [2.24, 2.45) is 0 Å². The van der Waals surface area contributed by atoms with Crippen molar-refractivity contribution in [1.82, 2.24) is 10.2 Å². The standard InChI is InChI=1S/C11H24N2O2S/c1-4-11(6-5-7-12-11)10-13(2)8-9-16(3,14)15/h12H,4-10H2,1-3H3. The largest absolute Gasteiger partial charge is 0.310 e. The number of rotatable bonds is 6. The molecule has 1 aliphatic heterocycles. The molecule has 1 saturated heterocycles. The Balaban J connectivity index is 2.40. The maximum Gasteiger partial charge on any atom is 0.148 e. The van der Waals surface area contributed by atoms with Gasteiger partial charge in [0.05, 0.1) is 5.75 Å². The summed E-state index contributed by atoms with van der Waals surface area (Å²) in [5.74, 6) is 0.253. The van der Waals surface area contributed by atoms with Gasteiger partial charge in [-0.1, -0.05) is 6.92 Å². The van der Waals surface area contributed by atoms with Gasteiger partial charge < -0.3 is 10.2 Å². The summed E-state index contributed by atoms with van der Waals surface area (Å²) in [6.45, 7) is 4.86. The minimum atomic E-state index is -2.84. The Hall–Kier alpha value is -0.130. The Labute approximate surface area is 99.3 Å². The van der Waals surface area contributed by atoms with Crippen LogP contribution in [0, 0.1) is 0 Å². The normalized spacial score (nSPS) is 26.5. The van der Waals surface area contributed by atoms with Gasteiger partial charge in [-0.2, -0.15) is 0 Å². The van der Waals surface area contributed by atoms with Crippen LogP contribution in [-0.2, 0) is 9.84 Å². The first kappa shape index (κ1) is 13.9. The topological polar surface area (TPSA) is 49.4 Å². The molecule has 96 valence electrons. The van der Waals surface area contributed by atoms with Crippen LogP contribution in [0.5, 0.6) is 0 Å². The molecule has 0 saturated carbocycles. The van der Waals surface area contributed by atoms with Crippen LogP contribution < -0.4 is 5.32 Å². The fourth-order valence-electron chi connectivity index (χ4n) is 2.33. The summed E-state index contributed by atoms with van der Waals surface area (Å²) in [5.41, 5.74) is 0.215. The smallest absolute Gasteiger partial charge is 0.148 e. The van der Waals surface area contributed by atoms with Crippen LogP contribution >= 0.6 is 0 Å². The Morgan fingerprint density at radius 1 is 1.44 bits per heavy atom. The highest BCUT2D eigenvalue weighted by atomic mass is 32.2. The Kier molecular flexibility index (Phi) is 4.76. The molecule has 0 spiro atoms. The zero-order valence-electron chi connectivity index (χ0n) is 10.6. The lowest BCUT2D eigenvalue weighted by Gasteiger charge is -2.33. The fraction of sp³-hybridized carbons (Fsp3) is 1.00. The molecule has 0 aromatic carbocycles. The Morgan fingerprint density at radius 2 is 2.12 bits per heavy atom. The van der Waals surface area contributed by atoms with E-state index in [4.69, 9.17) is 0 Å². The molecule has 0 aromatic rings. The van der Waals surface area contributed by atoms with Crippen LogP contribution in [0.3, 0.4) is 0 Å². The SMILES string of the molecule is CCC1(CN(C)CCS(C)(=O)=O)CCCN1. The monoisotopic (exact) mass is 248 g/mol. The van der Waals surface area contributed by atoms with E-state index in [1.807, 2.05) is 7.05 Å².